The average molecular weight is 331 g/mol. The van der Waals surface area contributed by atoms with Crippen molar-refractivity contribution in [2.75, 3.05) is 27.2 Å². The van der Waals surface area contributed by atoms with Gasteiger partial charge in [-0.2, -0.15) is 0 Å². The summed E-state index contributed by atoms with van der Waals surface area (Å²) in [5.41, 5.74) is 7.36. The van der Waals surface area contributed by atoms with E-state index in [0.717, 1.165) is 24.3 Å². The van der Waals surface area contributed by atoms with E-state index in [9.17, 15) is 4.39 Å². The standard InChI is InChI=1S/C14H20BrFN2O/c1-8-11(16)5-10(15)14(19-3)13(8)12-4-9(6-17)7-18(12)2/h5,9,12H,4,6-7,17H2,1-3H3. The first-order chi connectivity index (χ1) is 8.99. The van der Waals surface area contributed by atoms with Gasteiger partial charge in [0.15, 0.2) is 0 Å². The van der Waals surface area contributed by atoms with Gasteiger partial charge in [-0.05, 0) is 60.4 Å². The van der Waals surface area contributed by atoms with Crippen molar-refractivity contribution < 1.29 is 9.13 Å². The number of likely N-dealkylation sites (tertiary alicyclic amines) is 1. The summed E-state index contributed by atoms with van der Waals surface area (Å²) in [7, 11) is 3.67. The molecule has 2 rings (SSSR count). The summed E-state index contributed by atoms with van der Waals surface area (Å²) in [4.78, 5) is 2.23. The van der Waals surface area contributed by atoms with Gasteiger partial charge in [0.1, 0.15) is 11.6 Å². The molecule has 3 nitrogen and oxygen atoms in total. The van der Waals surface area contributed by atoms with Crippen molar-refractivity contribution in [3.05, 3.63) is 27.5 Å². The molecule has 0 radical (unpaired) electrons. The average Bonchev–Trinajstić information content (AvgIpc) is 2.74. The van der Waals surface area contributed by atoms with E-state index in [1.165, 1.54) is 6.07 Å². The van der Waals surface area contributed by atoms with Gasteiger partial charge < -0.3 is 10.5 Å². The van der Waals surface area contributed by atoms with Crippen LogP contribution in [0.3, 0.4) is 0 Å². The van der Waals surface area contributed by atoms with Gasteiger partial charge in [0.25, 0.3) is 0 Å². The molecule has 1 fully saturated rings. The van der Waals surface area contributed by atoms with Crippen LogP contribution in [0.25, 0.3) is 0 Å². The van der Waals surface area contributed by atoms with Crippen LogP contribution in [0.2, 0.25) is 0 Å². The Morgan fingerprint density at radius 2 is 2.26 bits per heavy atom. The summed E-state index contributed by atoms with van der Waals surface area (Å²) >= 11 is 3.38. The maximum atomic E-state index is 14.0. The van der Waals surface area contributed by atoms with Crippen molar-refractivity contribution in [2.45, 2.75) is 19.4 Å². The zero-order chi connectivity index (χ0) is 14.2. The lowest BCUT2D eigenvalue weighted by molar-refractivity contribution is 0.300. The van der Waals surface area contributed by atoms with Crippen molar-refractivity contribution >= 4 is 15.9 Å². The van der Waals surface area contributed by atoms with Crippen molar-refractivity contribution in [1.82, 2.24) is 4.90 Å². The largest absolute Gasteiger partial charge is 0.495 e. The zero-order valence-corrected chi connectivity index (χ0v) is 13.1. The molecule has 106 valence electrons. The van der Waals surface area contributed by atoms with Gasteiger partial charge in [-0.25, -0.2) is 4.39 Å². The number of halogens is 2. The minimum atomic E-state index is -0.202. The number of nitrogens with two attached hydrogens (primary N) is 1. The van der Waals surface area contributed by atoms with Crippen LogP contribution in [0.5, 0.6) is 5.75 Å². The highest BCUT2D eigenvalue weighted by molar-refractivity contribution is 9.10. The Hall–Kier alpha value is -0.650. The lowest BCUT2D eigenvalue weighted by Crippen LogP contribution is -2.21. The maximum Gasteiger partial charge on any atom is 0.138 e. The number of rotatable bonds is 3. The third-order valence-electron chi connectivity index (χ3n) is 3.98. The Morgan fingerprint density at radius 1 is 1.58 bits per heavy atom. The molecular weight excluding hydrogens is 311 g/mol. The smallest absolute Gasteiger partial charge is 0.138 e. The molecule has 1 aromatic rings. The molecule has 0 aliphatic carbocycles. The number of methoxy groups -OCH3 is 1. The van der Waals surface area contributed by atoms with Gasteiger partial charge in [-0.3, -0.25) is 4.90 Å². The first-order valence-corrected chi connectivity index (χ1v) is 7.21. The van der Waals surface area contributed by atoms with Crippen LogP contribution in [0.1, 0.15) is 23.6 Å². The maximum absolute atomic E-state index is 14.0. The summed E-state index contributed by atoms with van der Waals surface area (Å²) in [5, 5.41) is 0. The van der Waals surface area contributed by atoms with Gasteiger partial charge in [0, 0.05) is 18.2 Å². The Balaban J connectivity index is 2.49. The first kappa shape index (κ1) is 14.8. The molecule has 2 atom stereocenters. The normalized spacial score (nSPS) is 23.9. The van der Waals surface area contributed by atoms with E-state index in [2.05, 4.69) is 27.9 Å². The molecule has 0 bridgehead atoms. The summed E-state index contributed by atoms with van der Waals surface area (Å²) < 4.78 is 20.1. The van der Waals surface area contributed by atoms with Crippen LogP contribution in [0, 0.1) is 18.7 Å². The molecular formula is C14H20BrFN2O. The topological polar surface area (TPSA) is 38.5 Å². The van der Waals surface area contributed by atoms with Gasteiger partial charge in [-0.15, -0.1) is 0 Å². The molecule has 0 saturated carbocycles. The lowest BCUT2D eigenvalue weighted by Gasteiger charge is -2.24. The summed E-state index contributed by atoms with van der Waals surface area (Å²) in [6, 6.07) is 1.63. The SMILES string of the molecule is COc1c(Br)cc(F)c(C)c1C1CC(CN)CN1C. The highest BCUT2D eigenvalue weighted by Crippen LogP contribution is 2.43. The molecule has 5 heteroatoms. The van der Waals surface area contributed by atoms with E-state index in [1.807, 2.05) is 6.92 Å². The second-order valence-electron chi connectivity index (χ2n) is 5.20. The monoisotopic (exact) mass is 330 g/mol. The minimum Gasteiger partial charge on any atom is -0.495 e. The fraction of sp³-hybridized carbons (Fsp3) is 0.571. The molecule has 0 aromatic heterocycles. The van der Waals surface area contributed by atoms with Crippen LogP contribution in [-0.2, 0) is 0 Å². The summed E-state index contributed by atoms with van der Waals surface area (Å²) in [5.74, 6) is 0.988. The molecule has 1 aliphatic heterocycles. The molecule has 2 N–H and O–H groups in total. The van der Waals surface area contributed by atoms with Gasteiger partial charge in [-0.1, -0.05) is 0 Å². The summed E-state index contributed by atoms with van der Waals surface area (Å²) in [6.07, 6.45) is 0.945. The summed E-state index contributed by atoms with van der Waals surface area (Å²) in [6.45, 7) is 3.42. The molecule has 1 saturated heterocycles. The lowest BCUT2D eigenvalue weighted by atomic mass is 9.95. The van der Waals surface area contributed by atoms with Gasteiger partial charge in [0.2, 0.25) is 0 Å². The van der Waals surface area contributed by atoms with Crippen LogP contribution < -0.4 is 10.5 Å². The minimum absolute atomic E-state index is 0.162. The van der Waals surface area contributed by atoms with Crippen LogP contribution in [-0.4, -0.2) is 32.1 Å². The number of nitrogens with zero attached hydrogens (tertiary/aromatic N) is 1. The van der Waals surface area contributed by atoms with E-state index in [4.69, 9.17) is 10.5 Å². The second-order valence-corrected chi connectivity index (χ2v) is 6.06. The Labute approximate surface area is 122 Å². The quantitative estimate of drug-likeness (QED) is 0.926. The molecule has 0 amide bonds. The third-order valence-corrected chi connectivity index (χ3v) is 4.57. The van der Waals surface area contributed by atoms with Crippen molar-refractivity contribution in [1.29, 1.82) is 0 Å². The molecule has 19 heavy (non-hydrogen) atoms. The van der Waals surface area contributed by atoms with Crippen LogP contribution in [0.15, 0.2) is 10.5 Å². The van der Waals surface area contributed by atoms with Gasteiger partial charge in [0.05, 0.1) is 11.6 Å². The number of ether oxygens (including phenoxy) is 1. The predicted molar refractivity (Wildman–Crippen MR) is 77.9 cm³/mol. The highest BCUT2D eigenvalue weighted by atomic mass is 79.9. The number of hydrogen-bond acceptors (Lipinski definition) is 3. The Bertz CT molecular complexity index is 481. The molecule has 1 aliphatic rings. The Morgan fingerprint density at radius 3 is 2.79 bits per heavy atom. The van der Waals surface area contributed by atoms with Crippen LogP contribution >= 0.6 is 15.9 Å². The van der Waals surface area contributed by atoms with E-state index in [-0.39, 0.29) is 11.9 Å². The van der Waals surface area contributed by atoms with E-state index in [1.54, 1.807) is 7.11 Å². The zero-order valence-electron chi connectivity index (χ0n) is 11.5. The van der Waals surface area contributed by atoms with Crippen molar-refractivity contribution in [2.24, 2.45) is 11.7 Å². The van der Waals surface area contributed by atoms with Gasteiger partial charge >= 0.3 is 0 Å². The van der Waals surface area contributed by atoms with E-state index < -0.39 is 0 Å². The molecule has 2 unspecified atom stereocenters. The fourth-order valence-electron chi connectivity index (χ4n) is 2.94. The Kier molecular flexibility index (Phi) is 4.48. The third kappa shape index (κ3) is 2.64. The highest BCUT2D eigenvalue weighted by Gasteiger charge is 2.34. The number of hydrogen-bond donors (Lipinski definition) is 1. The van der Waals surface area contributed by atoms with Crippen molar-refractivity contribution in [3.8, 4) is 5.75 Å². The molecule has 1 heterocycles. The first-order valence-electron chi connectivity index (χ1n) is 6.42. The van der Waals surface area contributed by atoms with Crippen molar-refractivity contribution in [3.63, 3.8) is 0 Å². The second kappa shape index (κ2) is 5.77. The predicted octanol–water partition coefficient (Wildman–Crippen LogP) is 2.86. The van der Waals surface area contributed by atoms with E-state index in [0.29, 0.717) is 22.5 Å². The fourth-order valence-corrected chi connectivity index (χ4v) is 3.51. The number of benzene rings is 1. The van der Waals surface area contributed by atoms with E-state index >= 15 is 0 Å². The van der Waals surface area contributed by atoms with Crippen LogP contribution in [0.4, 0.5) is 4.39 Å². The molecule has 1 aromatic carbocycles. The molecule has 0 spiro atoms.